The maximum absolute atomic E-state index is 15.3. The van der Waals surface area contributed by atoms with E-state index in [-0.39, 0.29) is 10.8 Å². The van der Waals surface area contributed by atoms with Gasteiger partial charge in [0.05, 0.1) is 17.3 Å². The van der Waals surface area contributed by atoms with Crippen molar-refractivity contribution in [2.75, 3.05) is 29.8 Å². The molecule has 10 heteroatoms. The molecule has 0 radical (unpaired) electrons. The molecule has 0 bridgehead atoms. The second kappa shape index (κ2) is 7.33. The predicted molar refractivity (Wildman–Crippen MR) is 122 cm³/mol. The summed E-state index contributed by atoms with van der Waals surface area (Å²) in [6, 6.07) is 6.48. The molecular weight excluding hydrogens is 431 g/mol. The number of fused-ring (bicyclic) bond motifs is 2. The smallest absolute Gasteiger partial charge is 0.281 e. The first-order chi connectivity index (χ1) is 15.3. The van der Waals surface area contributed by atoms with E-state index in [1.165, 1.54) is 23.6 Å². The van der Waals surface area contributed by atoms with Crippen molar-refractivity contribution in [2.45, 2.75) is 24.9 Å². The van der Waals surface area contributed by atoms with Crippen molar-refractivity contribution in [2.24, 2.45) is 0 Å². The van der Waals surface area contributed by atoms with Gasteiger partial charge in [-0.1, -0.05) is 0 Å². The van der Waals surface area contributed by atoms with Crippen molar-refractivity contribution in [3.8, 4) is 11.1 Å². The van der Waals surface area contributed by atoms with E-state index in [1.807, 2.05) is 30.8 Å². The lowest BCUT2D eigenvalue weighted by Gasteiger charge is -2.20. The molecule has 0 saturated carbocycles. The van der Waals surface area contributed by atoms with Crippen LogP contribution in [0.1, 0.15) is 12.5 Å². The molecule has 4 heterocycles. The zero-order valence-electron chi connectivity index (χ0n) is 18.0. The Balaban J connectivity index is 1.77. The third-order valence-electron chi connectivity index (χ3n) is 6.12. The van der Waals surface area contributed by atoms with Crippen LogP contribution in [-0.4, -0.2) is 48.8 Å². The Bertz CT molecular complexity index is 1430. The highest BCUT2D eigenvalue weighted by molar-refractivity contribution is 7.92. The fourth-order valence-corrected chi connectivity index (χ4v) is 5.45. The maximum Gasteiger partial charge on any atom is 0.281 e. The minimum Gasteiger partial charge on any atom is -0.374 e. The Morgan fingerprint density at radius 1 is 1.22 bits per heavy atom. The summed E-state index contributed by atoms with van der Waals surface area (Å²) < 4.78 is 44.7. The van der Waals surface area contributed by atoms with Crippen molar-refractivity contribution < 1.29 is 12.8 Å². The molecule has 0 aliphatic carbocycles. The number of halogens is 1. The van der Waals surface area contributed by atoms with Gasteiger partial charge in [0.25, 0.3) is 10.0 Å². The molecule has 0 saturated heterocycles. The van der Waals surface area contributed by atoms with Crippen LogP contribution in [0, 0.1) is 5.82 Å². The summed E-state index contributed by atoms with van der Waals surface area (Å²) in [6.45, 7) is 3.42. The highest BCUT2D eigenvalue weighted by Gasteiger charge is 2.28. The van der Waals surface area contributed by atoms with Crippen molar-refractivity contribution in [3.05, 3.63) is 54.2 Å². The van der Waals surface area contributed by atoms with Crippen LogP contribution in [-0.2, 0) is 23.0 Å². The lowest BCUT2D eigenvalue weighted by molar-refractivity contribution is 0.590. The Hall–Kier alpha value is -3.40. The fourth-order valence-electron chi connectivity index (χ4n) is 4.34. The van der Waals surface area contributed by atoms with E-state index in [0.29, 0.717) is 34.4 Å². The second-order valence-electron chi connectivity index (χ2n) is 7.88. The van der Waals surface area contributed by atoms with Gasteiger partial charge in [-0.25, -0.2) is 9.37 Å². The molecule has 32 heavy (non-hydrogen) atoms. The van der Waals surface area contributed by atoms with Crippen LogP contribution in [0.3, 0.4) is 0 Å². The van der Waals surface area contributed by atoms with E-state index in [2.05, 4.69) is 20.1 Å². The molecule has 4 aromatic rings. The number of aromatic amines is 1. The number of sulfonamides is 1. The minimum atomic E-state index is -3.89. The molecule has 1 N–H and O–H groups in total. The van der Waals surface area contributed by atoms with Crippen LogP contribution in [0.25, 0.3) is 22.2 Å². The molecule has 3 aromatic heterocycles. The monoisotopic (exact) mass is 454 g/mol. The third-order valence-corrected chi connectivity index (χ3v) is 7.82. The number of aryl methyl sites for hydroxylation is 1. The van der Waals surface area contributed by atoms with E-state index in [4.69, 9.17) is 0 Å². The summed E-state index contributed by atoms with van der Waals surface area (Å²) in [5, 5.41) is 6.84. The highest BCUT2D eigenvalue weighted by Crippen LogP contribution is 2.41. The number of aromatic nitrogens is 4. The summed E-state index contributed by atoms with van der Waals surface area (Å²) in [5.41, 5.74) is 4.02. The molecule has 0 unspecified atom stereocenters. The summed E-state index contributed by atoms with van der Waals surface area (Å²) in [6.07, 6.45) is 5.60. The number of likely N-dealkylation sites (N-methyl/N-ethyl adjacent to an activating group) is 1. The SMILES string of the molecule is CCn1cc(-c2cc3c(cc2F)CCN3C)c2c(N(C)S(=O)(=O)c3ccn[nH]3)ccnc21. The summed E-state index contributed by atoms with van der Waals surface area (Å²) in [5.74, 6) is -0.330. The number of hydrogen-bond donors (Lipinski definition) is 1. The van der Waals surface area contributed by atoms with Crippen LogP contribution >= 0.6 is 0 Å². The molecule has 5 rings (SSSR count). The number of pyridine rings is 1. The average Bonchev–Trinajstić information content (AvgIpc) is 3.52. The Morgan fingerprint density at radius 2 is 2.03 bits per heavy atom. The third kappa shape index (κ3) is 2.97. The number of benzene rings is 1. The molecule has 166 valence electrons. The number of H-pyrrole nitrogens is 1. The van der Waals surface area contributed by atoms with Gasteiger partial charge in [0.15, 0.2) is 5.03 Å². The van der Waals surface area contributed by atoms with Crippen LogP contribution in [0.15, 0.2) is 47.9 Å². The summed E-state index contributed by atoms with van der Waals surface area (Å²) >= 11 is 0. The first-order valence-electron chi connectivity index (χ1n) is 10.3. The molecule has 1 aliphatic rings. The van der Waals surface area contributed by atoms with E-state index < -0.39 is 10.0 Å². The van der Waals surface area contributed by atoms with Gasteiger partial charge in [-0.15, -0.1) is 0 Å². The average molecular weight is 455 g/mol. The number of nitrogens with one attached hydrogen (secondary N) is 1. The number of nitrogens with zero attached hydrogens (tertiary/aromatic N) is 5. The number of rotatable bonds is 5. The maximum atomic E-state index is 15.3. The largest absolute Gasteiger partial charge is 0.374 e. The fraction of sp³-hybridized carbons (Fsp3) is 0.273. The molecule has 0 spiro atoms. The Morgan fingerprint density at radius 3 is 2.75 bits per heavy atom. The minimum absolute atomic E-state index is 0.0215. The van der Waals surface area contributed by atoms with Crippen LogP contribution in [0.5, 0.6) is 0 Å². The highest BCUT2D eigenvalue weighted by atomic mass is 32.2. The molecule has 0 fully saturated rings. The topological polar surface area (TPSA) is 87.1 Å². The first-order valence-corrected chi connectivity index (χ1v) is 11.8. The van der Waals surface area contributed by atoms with Gasteiger partial charge in [-0.2, -0.15) is 13.5 Å². The van der Waals surface area contributed by atoms with E-state index in [9.17, 15) is 8.42 Å². The van der Waals surface area contributed by atoms with Crippen LogP contribution in [0.2, 0.25) is 0 Å². The number of anilines is 2. The van der Waals surface area contributed by atoms with Gasteiger partial charge in [-0.3, -0.25) is 9.40 Å². The van der Waals surface area contributed by atoms with E-state index in [0.717, 1.165) is 24.2 Å². The van der Waals surface area contributed by atoms with E-state index >= 15 is 4.39 Å². The molecule has 8 nitrogen and oxygen atoms in total. The predicted octanol–water partition coefficient (Wildman–Crippen LogP) is 3.40. The van der Waals surface area contributed by atoms with Crippen LogP contribution < -0.4 is 9.21 Å². The van der Waals surface area contributed by atoms with Crippen molar-refractivity contribution in [3.63, 3.8) is 0 Å². The van der Waals surface area contributed by atoms with Gasteiger partial charge in [0.1, 0.15) is 11.5 Å². The van der Waals surface area contributed by atoms with Gasteiger partial charge >= 0.3 is 0 Å². The Kier molecular flexibility index (Phi) is 4.70. The van der Waals surface area contributed by atoms with Gasteiger partial charge in [-0.05, 0) is 43.2 Å². The number of hydrogen-bond acceptors (Lipinski definition) is 5. The zero-order chi connectivity index (χ0) is 22.6. The quantitative estimate of drug-likeness (QED) is 0.499. The molecule has 1 aromatic carbocycles. The normalized spacial score (nSPS) is 13.7. The van der Waals surface area contributed by atoms with Crippen molar-refractivity contribution >= 4 is 32.4 Å². The van der Waals surface area contributed by atoms with Crippen LogP contribution in [0.4, 0.5) is 15.8 Å². The lowest BCUT2D eigenvalue weighted by Crippen LogP contribution is -2.27. The van der Waals surface area contributed by atoms with Gasteiger partial charge < -0.3 is 9.47 Å². The molecular formula is C22H23FN6O2S. The molecule has 0 atom stereocenters. The van der Waals surface area contributed by atoms with Gasteiger partial charge in [0.2, 0.25) is 0 Å². The van der Waals surface area contributed by atoms with Crippen molar-refractivity contribution in [1.82, 2.24) is 19.7 Å². The van der Waals surface area contributed by atoms with Gasteiger partial charge in [0, 0.05) is 56.4 Å². The summed E-state index contributed by atoms with van der Waals surface area (Å²) in [4.78, 5) is 6.59. The zero-order valence-corrected chi connectivity index (χ0v) is 18.8. The summed E-state index contributed by atoms with van der Waals surface area (Å²) in [7, 11) is -0.425. The first kappa shape index (κ1) is 20.5. The standard InChI is InChI=1S/C22H23FN6O2S/c1-4-29-13-16(15-12-19-14(11-17(15)23)7-10-27(19)2)21-18(5-8-24-22(21)29)28(3)32(30,31)20-6-9-25-26-20/h5-6,8-9,11-13H,4,7,10H2,1-3H3,(H,25,26). The Labute approximate surface area is 185 Å². The van der Waals surface area contributed by atoms with Crippen molar-refractivity contribution in [1.29, 1.82) is 0 Å². The molecule has 0 amide bonds. The lowest BCUT2D eigenvalue weighted by atomic mass is 10.0. The molecule has 1 aliphatic heterocycles. The second-order valence-corrected chi connectivity index (χ2v) is 9.82. The van der Waals surface area contributed by atoms with E-state index in [1.54, 1.807) is 18.3 Å².